The molecule has 1 aliphatic rings. The third-order valence-corrected chi connectivity index (χ3v) is 4.94. The fourth-order valence-electron chi connectivity index (χ4n) is 0.991. The zero-order valence-electron chi connectivity index (χ0n) is 6.25. The molecule has 60 valence electrons. The highest BCUT2D eigenvalue weighted by Crippen LogP contribution is 2.39. The van der Waals surface area contributed by atoms with Crippen LogP contribution in [0.5, 0.6) is 0 Å². The summed E-state index contributed by atoms with van der Waals surface area (Å²) in [5.74, 6) is 1.14. The lowest BCUT2D eigenvalue weighted by molar-refractivity contribution is 0.301. The van der Waals surface area contributed by atoms with Crippen molar-refractivity contribution in [2.24, 2.45) is 0 Å². The van der Waals surface area contributed by atoms with Crippen LogP contribution in [0.15, 0.2) is 0 Å². The van der Waals surface area contributed by atoms with E-state index in [-0.39, 0.29) is 0 Å². The normalized spacial score (nSPS) is 33.0. The average Bonchev–Trinajstić information content (AvgIpc) is 2.37. The van der Waals surface area contributed by atoms with Crippen molar-refractivity contribution in [2.75, 3.05) is 12.4 Å². The number of thioether (sulfide) groups is 2. The molecule has 1 aliphatic heterocycles. The van der Waals surface area contributed by atoms with Crippen molar-refractivity contribution in [2.45, 2.75) is 29.6 Å². The van der Waals surface area contributed by atoms with Crippen LogP contribution in [0.3, 0.4) is 0 Å². The van der Waals surface area contributed by atoms with E-state index in [4.69, 9.17) is 5.11 Å². The van der Waals surface area contributed by atoms with E-state index in [9.17, 15) is 0 Å². The number of hydrogen-bond donors (Lipinski definition) is 1. The van der Waals surface area contributed by atoms with E-state index in [0.29, 0.717) is 11.9 Å². The summed E-state index contributed by atoms with van der Waals surface area (Å²) >= 11 is 3.95. The Hall–Kier alpha value is 0.660. The van der Waals surface area contributed by atoms with Crippen LogP contribution in [0.4, 0.5) is 0 Å². The van der Waals surface area contributed by atoms with Crippen LogP contribution in [0.1, 0.15) is 19.8 Å². The summed E-state index contributed by atoms with van der Waals surface area (Å²) in [7, 11) is 0. The first-order valence-corrected chi connectivity index (χ1v) is 5.74. The fraction of sp³-hybridized carbons (Fsp3) is 1.00. The molecule has 0 aromatic carbocycles. The van der Waals surface area contributed by atoms with E-state index < -0.39 is 0 Å². The predicted octanol–water partition coefficient (Wildman–Crippen LogP) is 1.95. The number of rotatable bonds is 3. The van der Waals surface area contributed by atoms with Crippen molar-refractivity contribution in [3.8, 4) is 0 Å². The molecular weight excluding hydrogens is 164 g/mol. The van der Waals surface area contributed by atoms with Crippen molar-refractivity contribution in [1.82, 2.24) is 0 Å². The van der Waals surface area contributed by atoms with Gasteiger partial charge in [0.25, 0.3) is 0 Å². The fourth-order valence-corrected chi connectivity index (χ4v) is 4.39. The largest absolute Gasteiger partial charge is 0.395 e. The van der Waals surface area contributed by atoms with Gasteiger partial charge in [0, 0.05) is 11.0 Å². The molecule has 1 nitrogen and oxygen atoms in total. The second-order valence-electron chi connectivity index (χ2n) is 2.49. The van der Waals surface area contributed by atoms with Crippen molar-refractivity contribution in [3.63, 3.8) is 0 Å². The van der Waals surface area contributed by atoms with Gasteiger partial charge in [-0.05, 0) is 6.42 Å². The van der Waals surface area contributed by atoms with Gasteiger partial charge in [-0.15, -0.1) is 23.5 Å². The van der Waals surface area contributed by atoms with E-state index in [1.54, 1.807) is 0 Å². The number of aliphatic hydroxyl groups excluding tert-OH is 1. The minimum absolute atomic E-state index is 0.359. The molecule has 0 unspecified atom stereocenters. The van der Waals surface area contributed by atoms with Gasteiger partial charge in [-0.25, -0.2) is 0 Å². The molecule has 1 rings (SSSR count). The Morgan fingerprint density at radius 2 is 2.40 bits per heavy atom. The van der Waals surface area contributed by atoms with Crippen LogP contribution >= 0.6 is 23.5 Å². The van der Waals surface area contributed by atoms with Crippen LogP contribution < -0.4 is 0 Å². The van der Waals surface area contributed by atoms with Crippen molar-refractivity contribution in [3.05, 3.63) is 0 Å². The molecule has 1 fully saturated rings. The van der Waals surface area contributed by atoms with Crippen LogP contribution in [0.25, 0.3) is 0 Å². The molecule has 10 heavy (non-hydrogen) atoms. The van der Waals surface area contributed by atoms with Crippen molar-refractivity contribution < 1.29 is 5.11 Å². The highest BCUT2D eigenvalue weighted by atomic mass is 32.2. The lowest BCUT2D eigenvalue weighted by Gasteiger charge is -2.05. The van der Waals surface area contributed by atoms with Gasteiger partial charge in [-0.2, -0.15) is 0 Å². The van der Waals surface area contributed by atoms with Crippen molar-refractivity contribution in [1.29, 1.82) is 0 Å². The molecule has 0 aromatic heterocycles. The van der Waals surface area contributed by atoms with Gasteiger partial charge in [0.2, 0.25) is 0 Å². The van der Waals surface area contributed by atoms with Gasteiger partial charge >= 0.3 is 0 Å². The zero-order chi connectivity index (χ0) is 7.40. The maximum atomic E-state index is 8.82. The SMILES string of the molecule is CCC[C@@H]1SC[C@H](CO)S1. The number of aliphatic hydroxyl groups is 1. The molecule has 0 bridgehead atoms. The molecule has 3 heteroatoms. The Morgan fingerprint density at radius 3 is 2.90 bits per heavy atom. The second kappa shape index (κ2) is 4.52. The van der Waals surface area contributed by atoms with E-state index in [1.807, 2.05) is 23.5 Å². The molecule has 0 radical (unpaired) electrons. The van der Waals surface area contributed by atoms with E-state index in [1.165, 1.54) is 12.8 Å². The Labute approximate surface area is 71.0 Å². The number of hydrogen-bond acceptors (Lipinski definition) is 3. The Kier molecular flexibility index (Phi) is 3.96. The third-order valence-electron chi connectivity index (χ3n) is 1.54. The molecule has 0 saturated carbocycles. The third kappa shape index (κ3) is 2.36. The lowest BCUT2D eigenvalue weighted by atomic mass is 10.4. The quantitative estimate of drug-likeness (QED) is 0.713. The van der Waals surface area contributed by atoms with Crippen LogP contribution in [0, 0.1) is 0 Å². The minimum atomic E-state index is 0.359. The van der Waals surface area contributed by atoms with Crippen molar-refractivity contribution >= 4 is 23.5 Å². The van der Waals surface area contributed by atoms with E-state index in [0.717, 1.165) is 10.3 Å². The topological polar surface area (TPSA) is 20.2 Å². The molecule has 1 heterocycles. The van der Waals surface area contributed by atoms with Gasteiger partial charge < -0.3 is 5.11 Å². The predicted molar refractivity (Wildman–Crippen MR) is 49.6 cm³/mol. The zero-order valence-corrected chi connectivity index (χ0v) is 7.88. The first-order valence-electron chi connectivity index (χ1n) is 3.74. The van der Waals surface area contributed by atoms with E-state index in [2.05, 4.69) is 6.92 Å². The summed E-state index contributed by atoms with van der Waals surface area (Å²) in [6, 6.07) is 0. The van der Waals surface area contributed by atoms with Crippen LogP contribution in [0.2, 0.25) is 0 Å². The molecule has 0 aromatic rings. The van der Waals surface area contributed by atoms with Gasteiger partial charge in [0.1, 0.15) is 0 Å². The highest BCUT2D eigenvalue weighted by Gasteiger charge is 2.23. The molecule has 0 amide bonds. The first-order chi connectivity index (χ1) is 4.86. The van der Waals surface area contributed by atoms with Gasteiger partial charge in [-0.3, -0.25) is 0 Å². The average molecular weight is 178 g/mol. The van der Waals surface area contributed by atoms with Crippen LogP contribution in [-0.4, -0.2) is 27.3 Å². The summed E-state index contributed by atoms with van der Waals surface area (Å²) in [6.45, 7) is 2.57. The van der Waals surface area contributed by atoms with Gasteiger partial charge in [0.05, 0.1) is 11.2 Å². The Bertz CT molecular complexity index is 97.6. The first kappa shape index (κ1) is 8.75. The standard InChI is InChI=1S/C7H14OS2/c1-2-3-7-9-5-6(4-8)10-7/h6-8H,2-5H2,1H3/t6-,7+/m0/s1. The molecule has 0 spiro atoms. The molecule has 1 N–H and O–H groups in total. The summed E-state index contributed by atoms with van der Waals surface area (Å²) in [4.78, 5) is 0. The van der Waals surface area contributed by atoms with Gasteiger partial charge in [-0.1, -0.05) is 13.3 Å². The maximum Gasteiger partial charge on any atom is 0.0558 e. The molecule has 2 atom stereocenters. The molecule has 1 saturated heterocycles. The lowest BCUT2D eigenvalue weighted by Crippen LogP contribution is -2.06. The summed E-state index contributed by atoms with van der Waals surface area (Å²) in [5, 5.41) is 9.33. The van der Waals surface area contributed by atoms with E-state index >= 15 is 0 Å². The van der Waals surface area contributed by atoms with Gasteiger partial charge in [0.15, 0.2) is 0 Å². The molecular formula is C7H14OS2. The second-order valence-corrected chi connectivity index (χ2v) is 5.53. The summed E-state index contributed by atoms with van der Waals surface area (Å²) in [5.41, 5.74) is 0. The smallest absolute Gasteiger partial charge is 0.0558 e. The summed E-state index contributed by atoms with van der Waals surface area (Å²) < 4.78 is 0.766. The highest BCUT2D eigenvalue weighted by molar-refractivity contribution is 8.20. The van der Waals surface area contributed by atoms with Crippen LogP contribution in [-0.2, 0) is 0 Å². The Balaban J connectivity index is 2.15. The monoisotopic (exact) mass is 178 g/mol. The summed E-state index contributed by atoms with van der Waals surface area (Å²) in [6.07, 6.45) is 2.56. The molecule has 0 aliphatic carbocycles. The minimum Gasteiger partial charge on any atom is -0.395 e. The maximum absolute atomic E-state index is 8.82. The Morgan fingerprint density at radius 1 is 1.60 bits per heavy atom.